The number of halogens is 1. The highest BCUT2D eigenvalue weighted by Gasteiger charge is 2.45. The Morgan fingerprint density at radius 3 is 1.92 bits per heavy atom. The number of anilines is 1. The number of rotatable bonds is 12. The van der Waals surface area contributed by atoms with Crippen molar-refractivity contribution in [1.29, 1.82) is 0 Å². The first-order chi connectivity index (χ1) is 29.1. The third-order valence-electron chi connectivity index (χ3n) is 12.3. The second-order valence-corrected chi connectivity index (χ2v) is 16.0. The van der Waals surface area contributed by atoms with Crippen LogP contribution in [0.2, 0.25) is 0 Å². The van der Waals surface area contributed by atoms with Crippen LogP contribution in [0.4, 0.5) is 10.1 Å². The average molecular weight is 816 g/mol. The summed E-state index contributed by atoms with van der Waals surface area (Å²) in [4.78, 5) is 58.1. The number of ether oxygens (including phenoxy) is 1. The van der Waals surface area contributed by atoms with Gasteiger partial charge >= 0.3 is 0 Å². The number of allylic oxidation sites excluding steroid dienone is 1. The molecule has 3 N–H and O–H groups in total. The van der Waals surface area contributed by atoms with Crippen molar-refractivity contribution in [2.45, 2.75) is 45.1 Å². The van der Waals surface area contributed by atoms with Gasteiger partial charge in [0.15, 0.2) is 0 Å². The number of nitrogens with one attached hydrogen (secondary N) is 1. The van der Waals surface area contributed by atoms with Gasteiger partial charge in [-0.05, 0) is 121 Å². The fourth-order valence-corrected chi connectivity index (χ4v) is 8.99. The van der Waals surface area contributed by atoms with Gasteiger partial charge in [-0.15, -0.1) is 0 Å². The Morgan fingerprint density at radius 1 is 0.733 bits per heavy atom. The molecule has 0 aromatic heterocycles. The van der Waals surface area contributed by atoms with Gasteiger partial charge < -0.3 is 19.8 Å². The molecule has 4 heterocycles. The maximum Gasteiger partial charge on any atom is 0.262 e. The summed E-state index contributed by atoms with van der Waals surface area (Å²) in [6, 6.07) is 24.1. The van der Waals surface area contributed by atoms with Crippen molar-refractivity contribution in [3.8, 4) is 17.2 Å². The van der Waals surface area contributed by atoms with E-state index < -0.39 is 35.5 Å². The van der Waals surface area contributed by atoms with Gasteiger partial charge in [0.05, 0.1) is 16.8 Å². The molecule has 4 aliphatic rings. The highest BCUT2D eigenvalue weighted by atomic mass is 19.1. The predicted molar refractivity (Wildman–Crippen MR) is 225 cm³/mol. The molecule has 4 aliphatic heterocycles. The number of imide groups is 2. The lowest BCUT2D eigenvalue weighted by atomic mass is 9.88. The largest absolute Gasteiger partial charge is 0.508 e. The molecule has 0 aliphatic carbocycles. The standard InChI is InChI=1S/C47H50FN5O7/c1-2-37(31-3-9-34(54)10-4-31)44(32-5-11-35(55)12-6-32)33-7-13-36(14-8-33)60-26-25-50-19-17-30(18-20-50)29-51-21-23-52(24-22-51)42-28-39-38(27-40(42)48)46(58)53(47(39)59)41-15-16-43(56)49-45(41)57/h3-14,27-28,30,41,54-55H,2,15-26,29H2,1H3,(H,49,56,57). The van der Waals surface area contributed by atoms with Gasteiger partial charge in [-0.3, -0.25) is 39.2 Å². The second-order valence-electron chi connectivity index (χ2n) is 16.0. The topological polar surface area (TPSA) is 143 Å². The van der Waals surface area contributed by atoms with E-state index in [0.717, 1.165) is 103 Å². The van der Waals surface area contributed by atoms with Crippen molar-refractivity contribution in [2.24, 2.45) is 5.92 Å². The summed E-state index contributed by atoms with van der Waals surface area (Å²) in [6.07, 6.45) is 3.01. The number of phenols is 2. The van der Waals surface area contributed by atoms with Gasteiger partial charge in [0, 0.05) is 45.7 Å². The van der Waals surface area contributed by atoms with Gasteiger partial charge in [0.1, 0.15) is 35.7 Å². The number of carbonyl (C=O) groups is 4. The van der Waals surface area contributed by atoms with E-state index in [1.54, 1.807) is 24.3 Å². The zero-order valence-corrected chi connectivity index (χ0v) is 33.7. The SMILES string of the molecule is CCC(=C(c1ccc(O)cc1)c1ccc(OCCN2CCC(CN3CCN(c4cc5c(cc4F)C(=O)N(C4CCC(=O)NC4=O)C5=O)CC3)CC2)cc1)c1ccc(O)cc1. The molecule has 4 aromatic carbocycles. The van der Waals surface area contributed by atoms with E-state index in [-0.39, 0.29) is 41.2 Å². The summed E-state index contributed by atoms with van der Waals surface area (Å²) in [5.74, 6) is -1.28. The van der Waals surface area contributed by atoms with Crippen molar-refractivity contribution in [1.82, 2.24) is 20.0 Å². The lowest BCUT2D eigenvalue weighted by molar-refractivity contribution is -0.136. The number of hydrogen-bond donors (Lipinski definition) is 3. The average Bonchev–Trinajstić information content (AvgIpc) is 3.49. The lowest BCUT2D eigenvalue weighted by Gasteiger charge is -2.39. The van der Waals surface area contributed by atoms with Crippen molar-refractivity contribution in [2.75, 3.05) is 63.9 Å². The fraction of sp³-hybridized carbons (Fsp3) is 0.362. The van der Waals surface area contributed by atoms with E-state index in [4.69, 9.17) is 4.74 Å². The summed E-state index contributed by atoms with van der Waals surface area (Å²) in [5.41, 5.74) is 5.54. The Morgan fingerprint density at radius 2 is 1.32 bits per heavy atom. The van der Waals surface area contributed by atoms with Gasteiger partial charge in [-0.25, -0.2) is 4.39 Å². The smallest absolute Gasteiger partial charge is 0.262 e. The minimum atomic E-state index is -1.09. The minimum Gasteiger partial charge on any atom is -0.508 e. The molecule has 0 saturated carbocycles. The van der Waals surface area contributed by atoms with Gasteiger partial charge in [0.25, 0.3) is 11.8 Å². The number of phenolic OH excluding ortho intramolecular Hbond substituents is 2. The summed E-state index contributed by atoms with van der Waals surface area (Å²) >= 11 is 0. The Bertz CT molecular complexity index is 2280. The monoisotopic (exact) mass is 815 g/mol. The molecule has 3 fully saturated rings. The number of benzene rings is 4. The maximum atomic E-state index is 15.4. The molecule has 3 saturated heterocycles. The molecule has 8 rings (SSSR count). The third kappa shape index (κ3) is 8.64. The van der Waals surface area contributed by atoms with Crippen LogP contribution in [0.3, 0.4) is 0 Å². The molecule has 12 nitrogen and oxygen atoms in total. The third-order valence-corrected chi connectivity index (χ3v) is 12.3. The van der Waals surface area contributed by atoms with E-state index in [0.29, 0.717) is 25.6 Å². The van der Waals surface area contributed by atoms with E-state index in [1.165, 1.54) is 6.07 Å². The number of aromatic hydroxyl groups is 2. The van der Waals surface area contributed by atoms with Crippen molar-refractivity contribution in [3.05, 3.63) is 119 Å². The van der Waals surface area contributed by atoms with Crippen LogP contribution in [0.1, 0.15) is 76.4 Å². The number of amides is 4. The molecule has 1 unspecified atom stereocenters. The zero-order valence-electron chi connectivity index (χ0n) is 33.7. The number of nitrogens with zero attached hydrogens (tertiary/aromatic N) is 4. The van der Waals surface area contributed by atoms with E-state index in [1.807, 2.05) is 41.3 Å². The van der Waals surface area contributed by atoms with Crippen LogP contribution in [-0.2, 0) is 9.59 Å². The molecule has 13 heteroatoms. The van der Waals surface area contributed by atoms with E-state index in [2.05, 4.69) is 34.2 Å². The lowest BCUT2D eigenvalue weighted by Crippen LogP contribution is -2.54. The molecule has 1 atom stereocenters. The van der Waals surface area contributed by atoms with Crippen LogP contribution in [-0.4, -0.2) is 114 Å². The van der Waals surface area contributed by atoms with Gasteiger partial charge in [0.2, 0.25) is 11.8 Å². The Labute approximate surface area is 348 Å². The first-order valence-corrected chi connectivity index (χ1v) is 20.9. The molecule has 0 spiro atoms. The molecule has 4 aromatic rings. The molecule has 4 amide bonds. The fourth-order valence-electron chi connectivity index (χ4n) is 8.99. The van der Waals surface area contributed by atoms with Crippen LogP contribution in [0.15, 0.2) is 84.9 Å². The first kappa shape index (κ1) is 40.7. The Hall–Kier alpha value is -6.05. The van der Waals surface area contributed by atoms with Crippen molar-refractivity contribution < 1.29 is 38.5 Å². The number of carbonyl (C=O) groups excluding carboxylic acids is 4. The van der Waals surface area contributed by atoms with Crippen LogP contribution in [0, 0.1) is 11.7 Å². The molecular weight excluding hydrogens is 766 g/mol. The van der Waals surface area contributed by atoms with Crippen LogP contribution >= 0.6 is 0 Å². The molecule has 0 radical (unpaired) electrons. The summed E-state index contributed by atoms with van der Waals surface area (Å²) in [5, 5.41) is 22.0. The Kier molecular flexibility index (Phi) is 12.0. The first-order valence-electron chi connectivity index (χ1n) is 20.9. The van der Waals surface area contributed by atoms with Crippen molar-refractivity contribution >= 4 is 40.5 Å². The number of piperidine rings is 2. The predicted octanol–water partition coefficient (Wildman–Crippen LogP) is 5.92. The number of hydrogen-bond acceptors (Lipinski definition) is 10. The van der Waals surface area contributed by atoms with Crippen LogP contribution in [0.25, 0.3) is 11.1 Å². The van der Waals surface area contributed by atoms with Crippen LogP contribution < -0.4 is 15.0 Å². The number of likely N-dealkylation sites (tertiary alicyclic amines) is 1. The quantitative estimate of drug-likeness (QED) is 0.117. The summed E-state index contributed by atoms with van der Waals surface area (Å²) in [7, 11) is 0. The molecular formula is C47H50FN5O7. The van der Waals surface area contributed by atoms with Crippen LogP contribution in [0.5, 0.6) is 17.2 Å². The summed E-state index contributed by atoms with van der Waals surface area (Å²) in [6.45, 7) is 9.15. The maximum absolute atomic E-state index is 15.4. The highest BCUT2D eigenvalue weighted by Crippen LogP contribution is 2.37. The molecule has 312 valence electrons. The van der Waals surface area contributed by atoms with Crippen molar-refractivity contribution in [3.63, 3.8) is 0 Å². The summed E-state index contributed by atoms with van der Waals surface area (Å²) < 4.78 is 21.7. The van der Waals surface area contributed by atoms with E-state index >= 15 is 4.39 Å². The van der Waals surface area contributed by atoms with E-state index in [9.17, 15) is 29.4 Å². The highest BCUT2D eigenvalue weighted by molar-refractivity contribution is 6.23. The van der Waals surface area contributed by atoms with Gasteiger partial charge in [-0.1, -0.05) is 43.3 Å². The minimum absolute atomic E-state index is 0.0220. The molecule has 0 bridgehead atoms. The van der Waals surface area contributed by atoms with Gasteiger partial charge in [-0.2, -0.15) is 0 Å². The normalized spacial score (nSPS) is 19.7. The Balaban J connectivity index is 0.800. The second kappa shape index (κ2) is 17.7. The number of fused-ring (bicyclic) bond motifs is 1. The zero-order chi connectivity index (χ0) is 41.9. The number of piperazine rings is 1. The molecule has 60 heavy (non-hydrogen) atoms.